The molecule has 4 aromatic rings. The minimum absolute atomic E-state index is 0.110. The van der Waals surface area contributed by atoms with E-state index in [0.717, 1.165) is 4.90 Å². The first-order chi connectivity index (χ1) is 13.2. The van der Waals surface area contributed by atoms with Crippen molar-refractivity contribution in [2.45, 2.75) is 9.10 Å². The van der Waals surface area contributed by atoms with Crippen molar-refractivity contribution in [1.29, 1.82) is 0 Å². The molecule has 3 aromatic carbocycles. The lowest BCUT2D eigenvalue weighted by Gasteiger charge is -2.04. The van der Waals surface area contributed by atoms with E-state index < -0.39 is 0 Å². The van der Waals surface area contributed by atoms with E-state index in [1.807, 2.05) is 36.4 Å². The summed E-state index contributed by atoms with van der Waals surface area (Å²) in [6, 6.07) is 29.6. The molecule has 1 aromatic heterocycles. The van der Waals surface area contributed by atoms with Gasteiger partial charge in [0.2, 0.25) is 0 Å². The first kappa shape index (κ1) is 17.5. The molecule has 0 amide bonds. The molecule has 0 aliphatic carbocycles. The molecule has 0 saturated heterocycles. The number of hydrogen-bond donors (Lipinski definition) is 0. The van der Waals surface area contributed by atoms with Crippen molar-refractivity contribution < 1.29 is 4.92 Å². The monoisotopic (exact) mass is 389 g/mol. The van der Waals surface area contributed by atoms with Crippen LogP contribution in [0.1, 0.15) is 0 Å². The summed E-state index contributed by atoms with van der Waals surface area (Å²) >= 11 is 3.38. The van der Waals surface area contributed by atoms with Gasteiger partial charge in [-0.15, -0.1) is 11.3 Å². The standard InChI is InChI=1S/C22H15NO2S2/c24-23(25)18-11-13-19(14-12-18)26-22-20(16-7-3-1-4-8-16)15-21(27-22)17-9-5-2-6-10-17/h1-15H. The fourth-order valence-electron chi connectivity index (χ4n) is 2.76. The predicted molar refractivity (Wildman–Crippen MR) is 112 cm³/mol. The van der Waals surface area contributed by atoms with Gasteiger partial charge < -0.3 is 0 Å². The van der Waals surface area contributed by atoms with E-state index in [2.05, 4.69) is 30.3 Å². The maximum Gasteiger partial charge on any atom is 0.269 e. The van der Waals surface area contributed by atoms with Crippen LogP contribution in [0.4, 0.5) is 5.69 Å². The minimum Gasteiger partial charge on any atom is -0.258 e. The average molecular weight is 390 g/mol. The second kappa shape index (κ2) is 7.78. The summed E-state index contributed by atoms with van der Waals surface area (Å²) in [6.45, 7) is 0. The van der Waals surface area contributed by atoms with Crippen molar-refractivity contribution in [3.05, 3.63) is 101 Å². The van der Waals surface area contributed by atoms with Crippen LogP contribution in [0.3, 0.4) is 0 Å². The summed E-state index contributed by atoms with van der Waals surface area (Å²) in [4.78, 5) is 12.7. The summed E-state index contributed by atoms with van der Waals surface area (Å²) in [5.41, 5.74) is 3.65. The highest BCUT2D eigenvalue weighted by Gasteiger charge is 2.14. The molecule has 3 nitrogen and oxygen atoms in total. The molecular formula is C22H15NO2S2. The number of non-ortho nitro benzene ring substituents is 1. The summed E-state index contributed by atoms with van der Waals surface area (Å²) in [6.07, 6.45) is 0. The molecule has 0 radical (unpaired) electrons. The quantitative estimate of drug-likeness (QED) is 0.269. The van der Waals surface area contributed by atoms with Crippen LogP contribution in [0.2, 0.25) is 0 Å². The van der Waals surface area contributed by atoms with E-state index in [9.17, 15) is 10.1 Å². The highest BCUT2D eigenvalue weighted by Crippen LogP contribution is 2.45. The Kier molecular flexibility index (Phi) is 5.05. The van der Waals surface area contributed by atoms with Crippen LogP contribution in [0.15, 0.2) is 100 Å². The molecule has 0 aliphatic heterocycles. The predicted octanol–water partition coefficient (Wildman–Crippen LogP) is 7.14. The van der Waals surface area contributed by atoms with Crippen molar-refractivity contribution in [3.8, 4) is 21.6 Å². The molecule has 5 heteroatoms. The van der Waals surface area contributed by atoms with Crippen LogP contribution in [0.5, 0.6) is 0 Å². The number of nitro benzene ring substituents is 1. The Morgan fingerprint density at radius 3 is 1.96 bits per heavy atom. The Bertz CT molecular complexity index is 1060. The third kappa shape index (κ3) is 3.94. The highest BCUT2D eigenvalue weighted by molar-refractivity contribution is 8.01. The normalized spacial score (nSPS) is 10.7. The number of benzene rings is 3. The Morgan fingerprint density at radius 2 is 1.37 bits per heavy atom. The topological polar surface area (TPSA) is 43.1 Å². The van der Waals surface area contributed by atoms with Crippen LogP contribution in [0.25, 0.3) is 21.6 Å². The maximum absolute atomic E-state index is 10.9. The van der Waals surface area contributed by atoms with Crippen molar-refractivity contribution >= 4 is 28.8 Å². The van der Waals surface area contributed by atoms with Gasteiger partial charge in [-0.1, -0.05) is 72.4 Å². The van der Waals surface area contributed by atoms with E-state index in [1.165, 1.54) is 25.8 Å². The van der Waals surface area contributed by atoms with Crippen LogP contribution in [-0.4, -0.2) is 4.92 Å². The first-order valence-corrected chi connectivity index (χ1v) is 10.0. The van der Waals surface area contributed by atoms with Gasteiger partial charge in [0.25, 0.3) is 5.69 Å². The first-order valence-electron chi connectivity index (χ1n) is 8.38. The number of thiophene rings is 1. The van der Waals surface area contributed by atoms with E-state index in [1.54, 1.807) is 47.4 Å². The third-order valence-corrected chi connectivity index (χ3v) is 6.49. The molecule has 0 bridgehead atoms. The molecule has 132 valence electrons. The van der Waals surface area contributed by atoms with Crippen molar-refractivity contribution in [1.82, 2.24) is 0 Å². The zero-order chi connectivity index (χ0) is 18.6. The lowest BCUT2D eigenvalue weighted by molar-refractivity contribution is -0.384. The Hall–Kier alpha value is -2.89. The Labute approximate surface area is 165 Å². The Balaban J connectivity index is 1.74. The molecule has 0 fully saturated rings. The van der Waals surface area contributed by atoms with Gasteiger partial charge in [-0.3, -0.25) is 10.1 Å². The molecule has 0 aliphatic rings. The van der Waals surface area contributed by atoms with E-state index in [0.29, 0.717) is 0 Å². The zero-order valence-corrected chi connectivity index (χ0v) is 15.9. The second-order valence-corrected chi connectivity index (χ2v) is 8.29. The number of rotatable bonds is 5. The van der Waals surface area contributed by atoms with Gasteiger partial charge >= 0.3 is 0 Å². The lowest BCUT2D eigenvalue weighted by Crippen LogP contribution is -1.86. The highest BCUT2D eigenvalue weighted by atomic mass is 32.2. The van der Waals surface area contributed by atoms with Gasteiger partial charge in [0.15, 0.2) is 0 Å². The van der Waals surface area contributed by atoms with Gasteiger partial charge in [-0.2, -0.15) is 0 Å². The van der Waals surface area contributed by atoms with Crippen LogP contribution >= 0.6 is 23.1 Å². The second-order valence-electron chi connectivity index (χ2n) is 5.90. The molecule has 0 unspecified atom stereocenters. The average Bonchev–Trinajstić information content (AvgIpc) is 3.13. The van der Waals surface area contributed by atoms with Gasteiger partial charge in [0, 0.05) is 27.5 Å². The number of hydrogen-bond acceptors (Lipinski definition) is 4. The van der Waals surface area contributed by atoms with Crippen LogP contribution in [0, 0.1) is 10.1 Å². The molecule has 0 saturated carbocycles. The summed E-state index contributed by atoms with van der Waals surface area (Å²) in [5.74, 6) is 0. The summed E-state index contributed by atoms with van der Waals surface area (Å²) < 4.78 is 1.17. The van der Waals surface area contributed by atoms with Gasteiger partial charge in [-0.05, 0) is 29.3 Å². The largest absolute Gasteiger partial charge is 0.269 e. The SMILES string of the molecule is O=[N+]([O-])c1ccc(Sc2sc(-c3ccccc3)cc2-c2ccccc2)cc1. The molecule has 0 atom stereocenters. The molecule has 1 heterocycles. The third-order valence-electron chi connectivity index (χ3n) is 4.10. The molecule has 27 heavy (non-hydrogen) atoms. The van der Waals surface area contributed by atoms with Gasteiger partial charge in [-0.25, -0.2) is 0 Å². The smallest absolute Gasteiger partial charge is 0.258 e. The van der Waals surface area contributed by atoms with E-state index in [4.69, 9.17) is 0 Å². The number of nitrogens with zero attached hydrogens (tertiary/aromatic N) is 1. The van der Waals surface area contributed by atoms with E-state index in [-0.39, 0.29) is 10.6 Å². The van der Waals surface area contributed by atoms with Crippen LogP contribution in [-0.2, 0) is 0 Å². The molecular weight excluding hydrogens is 374 g/mol. The summed E-state index contributed by atoms with van der Waals surface area (Å²) in [5, 5.41) is 10.9. The van der Waals surface area contributed by atoms with Crippen molar-refractivity contribution in [2.24, 2.45) is 0 Å². The minimum atomic E-state index is -0.373. The lowest BCUT2D eigenvalue weighted by atomic mass is 10.1. The number of nitro groups is 1. The molecule has 4 rings (SSSR count). The summed E-state index contributed by atoms with van der Waals surface area (Å²) in [7, 11) is 0. The fourth-order valence-corrected chi connectivity index (χ4v) is 5.17. The maximum atomic E-state index is 10.9. The van der Waals surface area contributed by atoms with E-state index >= 15 is 0 Å². The molecule has 0 spiro atoms. The van der Waals surface area contributed by atoms with Gasteiger partial charge in [0.1, 0.15) is 0 Å². The van der Waals surface area contributed by atoms with Gasteiger partial charge in [0.05, 0.1) is 9.13 Å². The Morgan fingerprint density at radius 1 is 0.778 bits per heavy atom. The molecule has 0 N–H and O–H groups in total. The van der Waals surface area contributed by atoms with Crippen LogP contribution < -0.4 is 0 Å². The zero-order valence-electron chi connectivity index (χ0n) is 14.2. The van der Waals surface area contributed by atoms with Crippen molar-refractivity contribution in [3.63, 3.8) is 0 Å². The fraction of sp³-hybridized carbons (Fsp3) is 0. The van der Waals surface area contributed by atoms with Crippen molar-refractivity contribution in [2.75, 3.05) is 0 Å².